The van der Waals surface area contributed by atoms with Crippen LogP contribution in [0.2, 0.25) is 0 Å². The van der Waals surface area contributed by atoms with Crippen molar-refractivity contribution >= 4 is 5.91 Å². The van der Waals surface area contributed by atoms with Crippen molar-refractivity contribution in [2.24, 2.45) is 5.92 Å². The Hall–Kier alpha value is -2.63. The van der Waals surface area contributed by atoms with Gasteiger partial charge < -0.3 is 23.9 Å². The molecule has 0 saturated carbocycles. The number of hydrogen-bond donors (Lipinski definition) is 1. The van der Waals surface area contributed by atoms with E-state index in [0.29, 0.717) is 35.5 Å². The summed E-state index contributed by atoms with van der Waals surface area (Å²) in [6, 6.07) is 8.74. The van der Waals surface area contributed by atoms with E-state index in [0.717, 1.165) is 0 Å². The number of fused-ring (bicyclic) bond motifs is 1. The lowest BCUT2D eigenvalue weighted by Gasteiger charge is -2.06. The molecule has 0 bridgehead atoms. The summed E-state index contributed by atoms with van der Waals surface area (Å²) < 4.78 is 21.7. The molecule has 0 saturated heterocycles. The van der Waals surface area contributed by atoms with Gasteiger partial charge in [-0.3, -0.25) is 4.79 Å². The molecule has 3 rings (SSSR count). The highest BCUT2D eigenvalue weighted by Gasteiger charge is 2.15. The highest BCUT2D eigenvalue weighted by atomic mass is 16.7. The molecule has 0 radical (unpaired) electrons. The topological polar surface area (TPSA) is 69.9 Å². The van der Waals surface area contributed by atoms with E-state index in [9.17, 15) is 4.79 Å². The van der Waals surface area contributed by atoms with Gasteiger partial charge in [0.15, 0.2) is 17.3 Å². The van der Waals surface area contributed by atoms with Gasteiger partial charge in [-0.25, -0.2) is 0 Å². The molecule has 23 heavy (non-hydrogen) atoms. The highest BCUT2D eigenvalue weighted by molar-refractivity contribution is 5.91. The molecule has 0 atom stereocenters. The summed E-state index contributed by atoms with van der Waals surface area (Å²) in [4.78, 5) is 11.9. The quantitative estimate of drug-likeness (QED) is 0.887. The SMILES string of the molecule is CC(C)CNC(=O)c1ccc(COc2ccc3c(c2)OCO3)o1. The van der Waals surface area contributed by atoms with Gasteiger partial charge in [-0.2, -0.15) is 0 Å². The van der Waals surface area contributed by atoms with Crippen molar-refractivity contribution < 1.29 is 23.4 Å². The molecular formula is C17H19NO5. The van der Waals surface area contributed by atoms with Gasteiger partial charge in [-0.05, 0) is 30.2 Å². The van der Waals surface area contributed by atoms with Gasteiger partial charge in [0.05, 0.1) is 0 Å². The van der Waals surface area contributed by atoms with Crippen LogP contribution in [0.15, 0.2) is 34.7 Å². The molecule has 1 amide bonds. The van der Waals surface area contributed by atoms with E-state index >= 15 is 0 Å². The van der Waals surface area contributed by atoms with E-state index < -0.39 is 0 Å². The molecule has 0 aliphatic carbocycles. The minimum absolute atomic E-state index is 0.215. The third-order valence-electron chi connectivity index (χ3n) is 3.28. The van der Waals surface area contributed by atoms with Crippen LogP contribution in [0.3, 0.4) is 0 Å². The Morgan fingerprint density at radius 3 is 2.87 bits per heavy atom. The summed E-state index contributed by atoms with van der Waals surface area (Å²) >= 11 is 0. The molecular weight excluding hydrogens is 298 g/mol. The number of ether oxygens (including phenoxy) is 3. The lowest BCUT2D eigenvalue weighted by molar-refractivity contribution is 0.0917. The van der Waals surface area contributed by atoms with Crippen LogP contribution in [0.4, 0.5) is 0 Å². The third kappa shape index (κ3) is 3.77. The summed E-state index contributed by atoms with van der Waals surface area (Å²) in [5, 5.41) is 2.81. The molecule has 0 fully saturated rings. The van der Waals surface area contributed by atoms with Crippen molar-refractivity contribution in [1.82, 2.24) is 5.32 Å². The zero-order valence-electron chi connectivity index (χ0n) is 13.1. The maximum absolute atomic E-state index is 11.9. The predicted molar refractivity (Wildman–Crippen MR) is 82.8 cm³/mol. The number of benzene rings is 1. The Morgan fingerprint density at radius 1 is 1.22 bits per heavy atom. The van der Waals surface area contributed by atoms with Crippen LogP contribution in [0.5, 0.6) is 17.2 Å². The van der Waals surface area contributed by atoms with Crippen molar-refractivity contribution in [3.05, 3.63) is 41.9 Å². The molecule has 6 nitrogen and oxygen atoms in total. The summed E-state index contributed by atoms with van der Waals surface area (Å²) in [5.74, 6) is 3.06. The van der Waals surface area contributed by atoms with Crippen LogP contribution in [0, 0.1) is 5.92 Å². The van der Waals surface area contributed by atoms with E-state index in [2.05, 4.69) is 5.32 Å². The predicted octanol–water partition coefficient (Wildman–Crippen LogP) is 2.97. The number of carbonyl (C=O) groups excluding carboxylic acids is 1. The first-order valence-corrected chi connectivity index (χ1v) is 7.51. The van der Waals surface area contributed by atoms with Crippen molar-refractivity contribution in [3.63, 3.8) is 0 Å². The van der Waals surface area contributed by atoms with E-state index in [-0.39, 0.29) is 25.1 Å². The molecule has 1 aromatic carbocycles. The van der Waals surface area contributed by atoms with E-state index in [1.165, 1.54) is 0 Å². The minimum Gasteiger partial charge on any atom is -0.486 e. The van der Waals surface area contributed by atoms with Crippen molar-refractivity contribution in [2.75, 3.05) is 13.3 Å². The average molecular weight is 317 g/mol. The molecule has 6 heteroatoms. The minimum atomic E-state index is -0.215. The molecule has 2 heterocycles. The van der Waals surface area contributed by atoms with Gasteiger partial charge >= 0.3 is 0 Å². The number of hydrogen-bond acceptors (Lipinski definition) is 5. The van der Waals surface area contributed by atoms with Crippen molar-refractivity contribution in [1.29, 1.82) is 0 Å². The molecule has 122 valence electrons. The second-order valence-electron chi connectivity index (χ2n) is 5.67. The first-order chi connectivity index (χ1) is 11.1. The normalized spacial score (nSPS) is 12.5. The van der Waals surface area contributed by atoms with Crippen LogP contribution in [0.25, 0.3) is 0 Å². The number of rotatable bonds is 6. The van der Waals surface area contributed by atoms with Crippen LogP contribution >= 0.6 is 0 Å². The van der Waals surface area contributed by atoms with Crippen LogP contribution in [0.1, 0.15) is 30.2 Å². The standard InChI is InChI=1S/C17H19NO5/c1-11(2)8-18-17(19)15-6-4-13(23-15)9-20-12-3-5-14-16(7-12)22-10-21-14/h3-7,11H,8-10H2,1-2H3,(H,18,19). The van der Waals surface area contributed by atoms with E-state index in [4.69, 9.17) is 18.6 Å². The van der Waals surface area contributed by atoms with Crippen molar-refractivity contribution in [2.45, 2.75) is 20.5 Å². The van der Waals surface area contributed by atoms with Gasteiger partial charge in [0.2, 0.25) is 6.79 Å². The zero-order valence-corrected chi connectivity index (χ0v) is 13.1. The fraction of sp³-hybridized carbons (Fsp3) is 0.353. The maximum atomic E-state index is 11.9. The van der Waals surface area contributed by atoms with Gasteiger partial charge in [0, 0.05) is 12.6 Å². The average Bonchev–Trinajstić information content (AvgIpc) is 3.19. The molecule has 1 aromatic heterocycles. The molecule has 1 aliphatic heterocycles. The summed E-state index contributed by atoms with van der Waals surface area (Å²) in [6.45, 7) is 5.14. The smallest absolute Gasteiger partial charge is 0.287 e. The largest absolute Gasteiger partial charge is 0.486 e. The lowest BCUT2D eigenvalue weighted by Crippen LogP contribution is -2.26. The van der Waals surface area contributed by atoms with E-state index in [1.54, 1.807) is 30.3 Å². The fourth-order valence-electron chi connectivity index (χ4n) is 2.08. The third-order valence-corrected chi connectivity index (χ3v) is 3.28. The number of amides is 1. The summed E-state index contributed by atoms with van der Waals surface area (Å²) in [5.41, 5.74) is 0. The lowest BCUT2D eigenvalue weighted by atomic mass is 10.2. The first-order valence-electron chi connectivity index (χ1n) is 7.51. The van der Waals surface area contributed by atoms with E-state index in [1.807, 2.05) is 13.8 Å². The zero-order chi connectivity index (χ0) is 16.2. The Kier molecular flexibility index (Phi) is 4.41. The Labute approximate surface area is 134 Å². The van der Waals surface area contributed by atoms with Gasteiger partial charge in [0.25, 0.3) is 5.91 Å². The van der Waals surface area contributed by atoms with Gasteiger partial charge in [0.1, 0.15) is 18.1 Å². The Bertz CT molecular complexity index is 692. The Morgan fingerprint density at radius 2 is 2.04 bits per heavy atom. The van der Waals surface area contributed by atoms with Crippen molar-refractivity contribution in [3.8, 4) is 17.2 Å². The molecule has 1 N–H and O–H groups in total. The second-order valence-corrected chi connectivity index (χ2v) is 5.67. The van der Waals surface area contributed by atoms with Crippen LogP contribution < -0.4 is 19.5 Å². The van der Waals surface area contributed by atoms with Crippen LogP contribution in [-0.4, -0.2) is 19.2 Å². The maximum Gasteiger partial charge on any atom is 0.287 e. The molecule has 1 aliphatic rings. The molecule has 0 spiro atoms. The monoisotopic (exact) mass is 317 g/mol. The Balaban J connectivity index is 1.56. The highest BCUT2D eigenvalue weighted by Crippen LogP contribution is 2.35. The second kappa shape index (κ2) is 6.64. The summed E-state index contributed by atoms with van der Waals surface area (Å²) in [6.07, 6.45) is 0. The number of nitrogens with one attached hydrogen (secondary N) is 1. The number of carbonyl (C=O) groups is 1. The fourth-order valence-corrected chi connectivity index (χ4v) is 2.08. The number of furan rings is 1. The first kappa shape index (κ1) is 15.3. The van der Waals surface area contributed by atoms with Gasteiger partial charge in [-0.1, -0.05) is 13.8 Å². The van der Waals surface area contributed by atoms with Crippen LogP contribution in [-0.2, 0) is 6.61 Å². The molecule has 0 unspecified atom stereocenters. The molecule has 2 aromatic rings. The summed E-state index contributed by atoms with van der Waals surface area (Å²) in [7, 11) is 0. The van der Waals surface area contributed by atoms with Gasteiger partial charge in [-0.15, -0.1) is 0 Å².